The van der Waals surface area contributed by atoms with Gasteiger partial charge < -0.3 is 19.9 Å². The molecule has 0 aromatic heterocycles. The monoisotopic (exact) mass is 275 g/mol. The van der Waals surface area contributed by atoms with E-state index in [2.05, 4.69) is 5.32 Å². The van der Waals surface area contributed by atoms with Gasteiger partial charge in [0.15, 0.2) is 11.5 Å². The van der Waals surface area contributed by atoms with Crippen LogP contribution in [0.4, 0.5) is 4.39 Å². The van der Waals surface area contributed by atoms with Crippen LogP contribution in [-0.2, 0) is 13.1 Å². The van der Waals surface area contributed by atoms with Gasteiger partial charge in [-0.05, 0) is 12.1 Å². The molecule has 0 spiro atoms. The molecule has 2 aromatic rings. The van der Waals surface area contributed by atoms with E-state index in [4.69, 9.17) is 9.47 Å². The zero-order valence-electron chi connectivity index (χ0n) is 10.7. The minimum Gasteiger partial charge on any atom is -0.507 e. The van der Waals surface area contributed by atoms with Crippen LogP contribution in [0.1, 0.15) is 11.1 Å². The normalized spacial score (nSPS) is 12.7. The Morgan fingerprint density at radius 1 is 1.05 bits per heavy atom. The predicted molar refractivity (Wildman–Crippen MR) is 71.2 cm³/mol. The van der Waals surface area contributed by atoms with Crippen molar-refractivity contribution in [2.75, 3.05) is 6.79 Å². The number of aromatic hydroxyl groups is 1. The van der Waals surface area contributed by atoms with Gasteiger partial charge in [0.2, 0.25) is 6.79 Å². The number of benzene rings is 2. The SMILES string of the molecule is Oc1cc2c(cc1CNCc1ccccc1F)OCO2. The Morgan fingerprint density at radius 3 is 2.55 bits per heavy atom. The molecule has 0 amide bonds. The quantitative estimate of drug-likeness (QED) is 0.900. The molecular formula is C15H14FNO3. The Labute approximate surface area is 115 Å². The maximum absolute atomic E-state index is 13.4. The summed E-state index contributed by atoms with van der Waals surface area (Å²) in [6.45, 7) is 0.970. The van der Waals surface area contributed by atoms with E-state index in [1.54, 1.807) is 24.3 Å². The Kier molecular flexibility index (Phi) is 3.43. The largest absolute Gasteiger partial charge is 0.507 e. The third-order valence-corrected chi connectivity index (χ3v) is 3.16. The first-order valence-electron chi connectivity index (χ1n) is 6.29. The number of rotatable bonds is 4. The summed E-state index contributed by atoms with van der Waals surface area (Å²) in [6, 6.07) is 9.85. The van der Waals surface area contributed by atoms with Crippen molar-refractivity contribution >= 4 is 0 Å². The van der Waals surface area contributed by atoms with Crippen LogP contribution in [-0.4, -0.2) is 11.9 Å². The van der Waals surface area contributed by atoms with Crippen LogP contribution in [0.3, 0.4) is 0 Å². The van der Waals surface area contributed by atoms with Crippen molar-refractivity contribution in [3.63, 3.8) is 0 Å². The van der Waals surface area contributed by atoms with Gasteiger partial charge >= 0.3 is 0 Å². The molecule has 20 heavy (non-hydrogen) atoms. The summed E-state index contributed by atoms with van der Waals surface area (Å²) in [5.74, 6) is 1.05. The molecule has 0 unspecified atom stereocenters. The highest BCUT2D eigenvalue weighted by molar-refractivity contribution is 5.51. The molecule has 0 saturated heterocycles. The number of hydrogen-bond donors (Lipinski definition) is 2. The van der Waals surface area contributed by atoms with Gasteiger partial charge in [-0.25, -0.2) is 4.39 Å². The van der Waals surface area contributed by atoms with Crippen molar-refractivity contribution in [3.05, 3.63) is 53.3 Å². The molecule has 0 fully saturated rings. The highest BCUT2D eigenvalue weighted by Crippen LogP contribution is 2.37. The lowest BCUT2D eigenvalue weighted by atomic mass is 10.1. The maximum Gasteiger partial charge on any atom is 0.231 e. The third kappa shape index (κ3) is 2.53. The fraction of sp³-hybridized carbons (Fsp3) is 0.200. The molecular weight excluding hydrogens is 261 g/mol. The summed E-state index contributed by atoms with van der Waals surface area (Å²) in [4.78, 5) is 0. The Balaban J connectivity index is 1.66. The number of phenols is 1. The number of phenolic OH excluding ortho intramolecular Hbond substituents is 1. The molecule has 5 heteroatoms. The molecule has 0 bridgehead atoms. The van der Waals surface area contributed by atoms with E-state index in [1.165, 1.54) is 12.1 Å². The van der Waals surface area contributed by atoms with Gasteiger partial charge in [0, 0.05) is 30.3 Å². The number of hydrogen-bond acceptors (Lipinski definition) is 4. The standard InChI is InChI=1S/C15H14FNO3/c16-12-4-2-1-3-10(12)7-17-8-11-5-14-15(6-13(11)18)20-9-19-14/h1-6,17-18H,7-9H2. The van der Waals surface area contributed by atoms with E-state index in [-0.39, 0.29) is 18.4 Å². The topological polar surface area (TPSA) is 50.7 Å². The molecule has 0 atom stereocenters. The minimum absolute atomic E-state index is 0.135. The molecule has 3 rings (SSSR count). The lowest BCUT2D eigenvalue weighted by Gasteiger charge is -2.08. The highest BCUT2D eigenvalue weighted by Gasteiger charge is 2.16. The molecule has 2 N–H and O–H groups in total. The van der Waals surface area contributed by atoms with Gasteiger partial charge in [-0.15, -0.1) is 0 Å². The highest BCUT2D eigenvalue weighted by atomic mass is 19.1. The predicted octanol–water partition coefficient (Wildman–Crippen LogP) is 2.55. The fourth-order valence-corrected chi connectivity index (χ4v) is 2.09. The molecule has 4 nitrogen and oxygen atoms in total. The third-order valence-electron chi connectivity index (χ3n) is 3.16. The Bertz CT molecular complexity index is 631. The van der Waals surface area contributed by atoms with Crippen LogP contribution >= 0.6 is 0 Å². The van der Waals surface area contributed by atoms with E-state index in [0.29, 0.717) is 35.7 Å². The van der Waals surface area contributed by atoms with Crippen LogP contribution in [0.2, 0.25) is 0 Å². The number of ether oxygens (including phenoxy) is 2. The van der Waals surface area contributed by atoms with Crippen LogP contribution in [0.5, 0.6) is 17.2 Å². The first kappa shape index (κ1) is 12.7. The first-order chi connectivity index (χ1) is 9.74. The van der Waals surface area contributed by atoms with Crippen molar-refractivity contribution in [2.45, 2.75) is 13.1 Å². The van der Waals surface area contributed by atoms with Crippen LogP contribution < -0.4 is 14.8 Å². The Morgan fingerprint density at radius 2 is 1.75 bits per heavy atom. The van der Waals surface area contributed by atoms with Crippen LogP contribution in [0.15, 0.2) is 36.4 Å². The molecule has 1 aliphatic heterocycles. The van der Waals surface area contributed by atoms with Gasteiger partial charge in [0.25, 0.3) is 0 Å². The molecule has 0 radical (unpaired) electrons. The summed E-state index contributed by atoms with van der Waals surface area (Å²) in [6.07, 6.45) is 0. The Hall–Kier alpha value is -2.27. The smallest absolute Gasteiger partial charge is 0.231 e. The van der Waals surface area contributed by atoms with Crippen molar-refractivity contribution < 1.29 is 19.0 Å². The van der Waals surface area contributed by atoms with E-state index in [9.17, 15) is 9.50 Å². The lowest BCUT2D eigenvalue weighted by molar-refractivity contribution is 0.174. The summed E-state index contributed by atoms with van der Waals surface area (Å²) in [5, 5.41) is 13.0. The van der Waals surface area contributed by atoms with Crippen molar-refractivity contribution in [3.8, 4) is 17.2 Å². The summed E-state index contributed by atoms with van der Waals surface area (Å²) in [5.41, 5.74) is 1.28. The average Bonchev–Trinajstić information content (AvgIpc) is 2.88. The van der Waals surface area contributed by atoms with Gasteiger partial charge in [-0.1, -0.05) is 18.2 Å². The zero-order chi connectivity index (χ0) is 13.9. The maximum atomic E-state index is 13.4. The summed E-state index contributed by atoms with van der Waals surface area (Å²) in [7, 11) is 0. The van der Waals surface area contributed by atoms with Crippen LogP contribution in [0.25, 0.3) is 0 Å². The molecule has 0 aliphatic carbocycles. The van der Waals surface area contributed by atoms with E-state index >= 15 is 0 Å². The number of nitrogens with one attached hydrogen (secondary N) is 1. The first-order valence-corrected chi connectivity index (χ1v) is 6.29. The number of halogens is 1. The van der Waals surface area contributed by atoms with E-state index in [0.717, 1.165) is 0 Å². The fourth-order valence-electron chi connectivity index (χ4n) is 2.09. The lowest BCUT2D eigenvalue weighted by Crippen LogP contribution is -2.13. The van der Waals surface area contributed by atoms with Crippen LogP contribution in [0, 0.1) is 5.82 Å². The summed E-state index contributed by atoms with van der Waals surface area (Å²) >= 11 is 0. The second kappa shape index (κ2) is 5.38. The van der Waals surface area contributed by atoms with Gasteiger partial charge in [0.1, 0.15) is 11.6 Å². The van der Waals surface area contributed by atoms with E-state index < -0.39 is 0 Å². The number of fused-ring (bicyclic) bond motifs is 1. The summed E-state index contributed by atoms with van der Waals surface area (Å²) < 4.78 is 23.9. The van der Waals surface area contributed by atoms with Gasteiger partial charge in [0.05, 0.1) is 0 Å². The van der Waals surface area contributed by atoms with Gasteiger partial charge in [-0.2, -0.15) is 0 Å². The van der Waals surface area contributed by atoms with E-state index in [1.807, 2.05) is 0 Å². The second-order valence-corrected chi connectivity index (χ2v) is 4.53. The molecule has 0 saturated carbocycles. The molecule has 1 aliphatic rings. The van der Waals surface area contributed by atoms with Gasteiger partial charge in [-0.3, -0.25) is 0 Å². The zero-order valence-corrected chi connectivity index (χ0v) is 10.7. The van der Waals surface area contributed by atoms with Crippen molar-refractivity contribution in [2.24, 2.45) is 0 Å². The van der Waals surface area contributed by atoms with Crippen molar-refractivity contribution in [1.82, 2.24) is 5.32 Å². The molecule has 1 heterocycles. The van der Waals surface area contributed by atoms with Crippen molar-refractivity contribution in [1.29, 1.82) is 0 Å². The average molecular weight is 275 g/mol. The minimum atomic E-state index is -0.241. The second-order valence-electron chi connectivity index (χ2n) is 4.53. The molecule has 104 valence electrons. The molecule has 2 aromatic carbocycles.